The minimum absolute atomic E-state index is 0.128. The van der Waals surface area contributed by atoms with Crippen molar-refractivity contribution in [3.8, 4) is 6.07 Å². The van der Waals surface area contributed by atoms with Crippen LogP contribution in [0.3, 0.4) is 0 Å². The molecule has 0 spiro atoms. The van der Waals surface area contributed by atoms with Gasteiger partial charge in [0.15, 0.2) is 4.87 Å². The molecule has 2 aromatic rings. The average Bonchev–Trinajstić information content (AvgIpc) is 2.68. The van der Waals surface area contributed by atoms with Crippen molar-refractivity contribution < 1.29 is 4.92 Å². The van der Waals surface area contributed by atoms with Crippen molar-refractivity contribution in [1.82, 2.24) is 5.32 Å². The minimum atomic E-state index is -1.59. The molecule has 0 heterocycles. The van der Waals surface area contributed by atoms with Crippen molar-refractivity contribution in [1.29, 1.82) is 5.26 Å². The summed E-state index contributed by atoms with van der Waals surface area (Å²) in [7, 11) is 0. The van der Waals surface area contributed by atoms with Gasteiger partial charge in [-0.3, -0.25) is 15.4 Å². The van der Waals surface area contributed by atoms with Crippen LogP contribution >= 0.6 is 11.6 Å². The molecule has 1 aliphatic carbocycles. The summed E-state index contributed by atoms with van der Waals surface area (Å²) in [6.07, 6.45) is 2.98. The molecule has 0 amide bonds. The van der Waals surface area contributed by atoms with Crippen LogP contribution in [0.2, 0.25) is 0 Å². The van der Waals surface area contributed by atoms with Crippen LogP contribution in [0.4, 0.5) is 0 Å². The van der Waals surface area contributed by atoms with E-state index in [9.17, 15) is 15.4 Å². The smallest absolute Gasteiger partial charge is 0.266 e. The van der Waals surface area contributed by atoms with E-state index in [0.717, 1.165) is 11.1 Å². The van der Waals surface area contributed by atoms with Gasteiger partial charge < -0.3 is 0 Å². The molecule has 0 bridgehead atoms. The first-order valence-electron chi connectivity index (χ1n) is 8.06. The molecule has 0 radical (unpaired) electrons. The molecule has 0 aromatic heterocycles. The highest BCUT2D eigenvalue weighted by molar-refractivity contribution is 6.33. The van der Waals surface area contributed by atoms with E-state index in [1.165, 1.54) is 6.08 Å². The number of nitrogens with zero attached hydrogens (tertiary/aromatic N) is 2. The van der Waals surface area contributed by atoms with E-state index in [0.29, 0.717) is 12.1 Å². The minimum Gasteiger partial charge on any atom is -0.298 e. The summed E-state index contributed by atoms with van der Waals surface area (Å²) in [6.45, 7) is 0.356. The second-order valence-electron chi connectivity index (χ2n) is 5.92. The monoisotopic (exact) mass is 365 g/mol. The zero-order valence-corrected chi connectivity index (χ0v) is 14.6. The predicted molar refractivity (Wildman–Crippen MR) is 101 cm³/mol. The lowest BCUT2D eigenvalue weighted by atomic mass is 9.81. The Hall–Kier alpha value is -2.94. The summed E-state index contributed by atoms with van der Waals surface area (Å²) in [5, 5.41) is 24.5. The third-order valence-corrected chi connectivity index (χ3v) is 4.82. The van der Waals surface area contributed by atoms with Crippen molar-refractivity contribution in [2.24, 2.45) is 0 Å². The molecule has 2 unspecified atom stereocenters. The Morgan fingerprint density at radius 2 is 1.73 bits per heavy atom. The second-order valence-corrected chi connectivity index (χ2v) is 6.51. The molecule has 1 aliphatic rings. The molecule has 2 atom stereocenters. The van der Waals surface area contributed by atoms with Gasteiger partial charge in [-0.2, -0.15) is 5.26 Å². The first-order chi connectivity index (χ1) is 12.6. The molecule has 0 aliphatic heterocycles. The van der Waals surface area contributed by atoms with Crippen molar-refractivity contribution in [2.75, 3.05) is 0 Å². The SMILES string of the molecule is N#CC1(Cl)C(c2ccccc2)=CC=C([N+](=O)[O-])C1NCc1ccccc1. The van der Waals surface area contributed by atoms with E-state index < -0.39 is 15.8 Å². The Bertz CT molecular complexity index is 904. The molecule has 0 fully saturated rings. The standard InChI is InChI=1S/C20H16ClN3O2/c21-20(14-22)17(16-9-5-2-6-10-16)11-12-18(24(25)26)19(20)23-13-15-7-3-1-4-8-15/h1-12,19,23H,13H2. The van der Waals surface area contributed by atoms with Gasteiger partial charge in [0.05, 0.1) is 11.0 Å². The zero-order valence-electron chi connectivity index (χ0n) is 13.8. The Kier molecular flexibility index (Phi) is 5.17. The maximum Gasteiger partial charge on any atom is 0.266 e. The van der Waals surface area contributed by atoms with E-state index in [1.54, 1.807) is 6.08 Å². The molecule has 2 aromatic carbocycles. The number of nitrogens with one attached hydrogen (secondary N) is 1. The lowest BCUT2D eigenvalue weighted by Gasteiger charge is -2.33. The quantitative estimate of drug-likeness (QED) is 0.495. The first-order valence-corrected chi connectivity index (χ1v) is 8.43. The fraction of sp³-hybridized carbons (Fsp3) is 0.150. The van der Waals surface area contributed by atoms with Gasteiger partial charge in [0, 0.05) is 12.6 Å². The maximum atomic E-state index is 11.5. The van der Waals surface area contributed by atoms with Crippen LogP contribution in [-0.2, 0) is 6.54 Å². The van der Waals surface area contributed by atoms with E-state index in [2.05, 4.69) is 11.4 Å². The summed E-state index contributed by atoms with van der Waals surface area (Å²) in [4.78, 5) is 9.44. The fourth-order valence-electron chi connectivity index (χ4n) is 3.02. The third kappa shape index (κ3) is 3.38. The topological polar surface area (TPSA) is 79.0 Å². The van der Waals surface area contributed by atoms with Gasteiger partial charge in [0.1, 0.15) is 6.04 Å². The highest BCUT2D eigenvalue weighted by Crippen LogP contribution is 2.41. The van der Waals surface area contributed by atoms with Crippen LogP contribution < -0.4 is 5.32 Å². The van der Waals surface area contributed by atoms with Crippen LogP contribution in [0.1, 0.15) is 11.1 Å². The first kappa shape index (κ1) is 17.9. The number of allylic oxidation sites excluding steroid dienone is 2. The Morgan fingerprint density at radius 1 is 1.12 bits per heavy atom. The van der Waals surface area contributed by atoms with Gasteiger partial charge in [0.25, 0.3) is 5.70 Å². The number of nitro groups is 1. The predicted octanol–water partition coefficient (Wildman–Crippen LogP) is 3.90. The van der Waals surface area contributed by atoms with Gasteiger partial charge in [-0.05, 0) is 22.8 Å². The third-order valence-electron chi connectivity index (χ3n) is 4.32. The number of benzene rings is 2. The number of nitriles is 1. The molecular formula is C20H16ClN3O2. The van der Waals surface area contributed by atoms with Crippen molar-refractivity contribution in [3.05, 3.63) is 99.8 Å². The van der Waals surface area contributed by atoms with Crippen LogP contribution in [-0.4, -0.2) is 15.8 Å². The molecule has 3 rings (SSSR count). The Balaban J connectivity index is 2.00. The average molecular weight is 366 g/mol. The summed E-state index contributed by atoms with van der Waals surface area (Å²) >= 11 is 6.69. The van der Waals surface area contributed by atoms with E-state index >= 15 is 0 Å². The van der Waals surface area contributed by atoms with Gasteiger partial charge in [-0.1, -0.05) is 72.3 Å². The highest BCUT2D eigenvalue weighted by atomic mass is 35.5. The Labute approximate surface area is 156 Å². The number of alkyl halides is 1. The van der Waals surface area contributed by atoms with Crippen molar-refractivity contribution in [3.63, 3.8) is 0 Å². The normalized spacial score (nSPS) is 22.1. The Morgan fingerprint density at radius 3 is 2.31 bits per heavy atom. The molecule has 5 nitrogen and oxygen atoms in total. The number of hydrogen-bond acceptors (Lipinski definition) is 4. The van der Waals surface area contributed by atoms with Crippen LogP contribution in [0.15, 0.2) is 78.5 Å². The largest absolute Gasteiger partial charge is 0.298 e. The lowest BCUT2D eigenvalue weighted by Crippen LogP contribution is -2.50. The molecular weight excluding hydrogens is 350 g/mol. The molecule has 1 N–H and O–H groups in total. The zero-order chi connectivity index (χ0) is 18.6. The van der Waals surface area contributed by atoms with Crippen LogP contribution in [0.25, 0.3) is 5.57 Å². The van der Waals surface area contributed by atoms with Gasteiger partial charge in [0.2, 0.25) is 0 Å². The number of rotatable bonds is 5. The van der Waals surface area contributed by atoms with Crippen molar-refractivity contribution >= 4 is 17.2 Å². The highest BCUT2D eigenvalue weighted by Gasteiger charge is 2.49. The number of hydrogen-bond donors (Lipinski definition) is 1. The summed E-state index contributed by atoms with van der Waals surface area (Å²) in [6, 6.07) is 19.8. The van der Waals surface area contributed by atoms with Gasteiger partial charge >= 0.3 is 0 Å². The molecule has 130 valence electrons. The van der Waals surface area contributed by atoms with Gasteiger partial charge in [-0.25, -0.2) is 0 Å². The van der Waals surface area contributed by atoms with Gasteiger partial charge in [-0.15, -0.1) is 0 Å². The summed E-state index contributed by atoms with van der Waals surface area (Å²) in [5.41, 5.74) is 2.12. The van der Waals surface area contributed by atoms with E-state index in [-0.39, 0.29) is 5.70 Å². The van der Waals surface area contributed by atoms with Crippen molar-refractivity contribution in [2.45, 2.75) is 17.5 Å². The molecule has 0 saturated carbocycles. The molecule has 6 heteroatoms. The number of halogens is 1. The van der Waals surface area contributed by atoms with Crippen LogP contribution in [0, 0.1) is 21.4 Å². The lowest BCUT2D eigenvalue weighted by molar-refractivity contribution is -0.430. The second kappa shape index (κ2) is 7.52. The molecule has 26 heavy (non-hydrogen) atoms. The molecule has 0 saturated heterocycles. The van der Waals surface area contributed by atoms with E-state index in [4.69, 9.17) is 11.6 Å². The maximum absolute atomic E-state index is 11.5. The fourth-order valence-corrected chi connectivity index (χ4v) is 3.38. The summed E-state index contributed by atoms with van der Waals surface area (Å²) in [5.74, 6) is 0. The summed E-state index contributed by atoms with van der Waals surface area (Å²) < 4.78 is 0. The van der Waals surface area contributed by atoms with E-state index in [1.807, 2.05) is 60.7 Å². The van der Waals surface area contributed by atoms with Crippen LogP contribution in [0.5, 0.6) is 0 Å².